The van der Waals surface area contributed by atoms with E-state index in [1.54, 1.807) is 0 Å². The second-order valence-electron chi connectivity index (χ2n) is 4.80. The van der Waals surface area contributed by atoms with E-state index in [0.717, 1.165) is 43.5 Å². The van der Waals surface area contributed by atoms with E-state index in [4.69, 9.17) is 11.6 Å². The summed E-state index contributed by atoms with van der Waals surface area (Å²) in [4.78, 5) is 17.6. The number of nitrogens with one attached hydrogen (secondary N) is 1. The molecule has 7 heteroatoms. The van der Waals surface area contributed by atoms with Crippen LogP contribution in [0.4, 0.5) is 13.9 Å². The molecule has 1 amide bonds. The molecule has 1 aromatic carbocycles. The molecule has 1 aliphatic carbocycles. The number of hydrogen-bond acceptors (Lipinski definition) is 3. The van der Waals surface area contributed by atoms with Crippen LogP contribution in [0.1, 0.15) is 33.8 Å². The van der Waals surface area contributed by atoms with E-state index in [9.17, 15) is 13.6 Å². The summed E-state index contributed by atoms with van der Waals surface area (Å²) in [5, 5.41) is 2.93. The number of halogens is 3. The van der Waals surface area contributed by atoms with Gasteiger partial charge in [-0.3, -0.25) is 10.1 Å². The van der Waals surface area contributed by atoms with Crippen molar-refractivity contribution in [3.05, 3.63) is 44.9 Å². The number of anilines is 1. The van der Waals surface area contributed by atoms with Gasteiger partial charge in [0.25, 0.3) is 5.91 Å². The highest BCUT2D eigenvalue weighted by Gasteiger charge is 2.19. The molecule has 2 aromatic rings. The van der Waals surface area contributed by atoms with Gasteiger partial charge in [-0.05, 0) is 37.8 Å². The van der Waals surface area contributed by atoms with Gasteiger partial charge in [0.2, 0.25) is 0 Å². The number of amides is 1. The number of aromatic nitrogens is 1. The molecule has 3 rings (SSSR count). The molecule has 1 aromatic heterocycles. The minimum absolute atomic E-state index is 0.108. The number of fused-ring (bicyclic) bond motifs is 1. The van der Waals surface area contributed by atoms with Crippen molar-refractivity contribution in [1.29, 1.82) is 0 Å². The fourth-order valence-corrected chi connectivity index (χ4v) is 3.55. The summed E-state index contributed by atoms with van der Waals surface area (Å²) in [7, 11) is 0. The van der Waals surface area contributed by atoms with Gasteiger partial charge in [-0.15, -0.1) is 11.3 Å². The molecule has 0 saturated carbocycles. The van der Waals surface area contributed by atoms with Crippen LogP contribution in [-0.4, -0.2) is 10.9 Å². The summed E-state index contributed by atoms with van der Waals surface area (Å²) in [6.45, 7) is 0. The molecule has 1 heterocycles. The van der Waals surface area contributed by atoms with Crippen molar-refractivity contribution in [2.75, 3.05) is 5.32 Å². The van der Waals surface area contributed by atoms with Gasteiger partial charge in [0, 0.05) is 4.88 Å². The third-order valence-corrected chi connectivity index (χ3v) is 4.71. The molecular weight excluding hydrogens is 318 g/mol. The first-order valence-corrected chi connectivity index (χ1v) is 7.68. The van der Waals surface area contributed by atoms with Crippen LogP contribution in [0.2, 0.25) is 5.02 Å². The lowest BCUT2D eigenvalue weighted by atomic mass is 10.0. The van der Waals surface area contributed by atoms with Gasteiger partial charge in [0.05, 0.1) is 16.3 Å². The summed E-state index contributed by atoms with van der Waals surface area (Å²) < 4.78 is 26.2. The highest BCUT2D eigenvalue weighted by atomic mass is 35.5. The zero-order valence-corrected chi connectivity index (χ0v) is 12.5. The van der Waals surface area contributed by atoms with Crippen LogP contribution < -0.4 is 5.32 Å². The van der Waals surface area contributed by atoms with Crippen LogP contribution in [0.3, 0.4) is 0 Å². The van der Waals surface area contributed by atoms with Crippen molar-refractivity contribution >= 4 is 34.0 Å². The van der Waals surface area contributed by atoms with E-state index in [2.05, 4.69) is 10.3 Å². The minimum atomic E-state index is -1.11. The third-order valence-electron chi connectivity index (χ3n) is 3.32. The SMILES string of the molecule is O=C(Nc1nc2c(s1)CCCC2)c1cc(F)c(F)cc1Cl. The second-order valence-corrected chi connectivity index (χ2v) is 6.29. The number of benzene rings is 1. The molecule has 21 heavy (non-hydrogen) atoms. The average Bonchev–Trinajstić information content (AvgIpc) is 2.84. The summed E-state index contributed by atoms with van der Waals surface area (Å²) >= 11 is 7.20. The molecule has 3 nitrogen and oxygen atoms in total. The Morgan fingerprint density at radius 3 is 2.71 bits per heavy atom. The zero-order chi connectivity index (χ0) is 15.0. The summed E-state index contributed by atoms with van der Waals surface area (Å²) in [5.41, 5.74) is 0.904. The predicted molar refractivity (Wildman–Crippen MR) is 78.1 cm³/mol. The van der Waals surface area contributed by atoms with Crippen molar-refractivity contribution in [3.63, 3.8) is 0 Å². The predicted octanol–water partition coefficient (Wildman–Crippen LogP) is 4.21. The Bertz CT molecular complexity index is 694. The van der Waals surface area contributed by atoms with Crippen molar-refractivity contribution in [2.24, 2.45) is 0 Å². The number of hydrogen-bond donors (Lipinski definition) is 1. The number of carbonyl (C=O) groups excluding carboxylic acids is 1. The fourth-order valence-electron chi connectivity index (χ4n) is 2.27. The maximum absolute atomic E-state index is 13.2. The number of rotatable bonds is 2. The zero-order valence-electron chi connectivity index (χ0n) is 10.9. The fraction of sp³-hybridized carbons (Fsp3) is 0.286. The lowest BCUT2D eigenvalue weighted by Gasteiger charge is -2.06. The standard InChI is InChI=1S/C14H11ClF2N2OS/c15-8-6-10(17)9(16)5-7(8)13(20)19-14-18-11-3-1-2-4-12(11)21-14/h5-6H,1-4H2,(H,18,19,20). The van der Waals surface area contributed by atoms with Gasteiger partial charge in [0.1, 0.15) is 0 Å². The van der Waals surface area contributed by atoms with Crippen molar-refractivity contribution in [1.82, 2.24) is 4.98 Å². The summed E-state index contributed by atoms with van der Waals surface area (Å²) in [6, 6.07) is 1.58. The van der Waals surface area contributed by atoms with E-state index in [-0.39, 0.29) is 10.6 Å². The van der Waals surface area contributed by atoms with E-state index in [1.165, 1.54) is 16.2 Å². The molecule has 0 bridgehead atoms. The Morgan fingerprint density at radius 1 is 1.24 bits per heavy atom. The largest absolute Gasteiger partial charge is 0.298 e. The van der Waals surface area contributed by atoms with Crippen LogP contribution in [0.15, 0.2) is 12.1 Å². The maximum Gasteiger partial charge on any atom is 0.259 e. The van der Waals surface area contributed by atoms with Crippen molar-refractivity contribution in [3.8, 4) is 0 Å². The van der Waals surface area contributed by atoms with Gasteiger partial charge in [-0.2, -0.15) is 0 Å². The lowest BCUT2D eigenvalue weighted by Crippen LogP contribution is -2.13. The molecule has 1 aliphatic rings. The monoisotopic (exact) mass is 328 g/mol. The van der Waals surface area contributed by atoms with Gasteiger partial charge in [-0.25, -0.2) is 13.8 Å². The molecule has 0 unspecified atom stereocenters. The molecule has 0 saturated heterocycles. The molecule has 0 aliphatic heterocycles. The Hall–Kier alpha value is -1.53. The lowest BCUT2D eigenvalue weighted by molar-refractivity contribution is 0.102. The molecule has 0 spiro atoms. The Kier molecular flexibility index (Phi) is 3.91. The molecule has 0 fully saturated rings. The maximum atomic E-state index is 13.2. The topological polar surface area (TPSA) is 42.0 Å². The number of nitrogens with zero attached hydrogens (tertiary/aromatic N) is 1. The quantitative estimate of drug-likeness (QED) is 0.839. The first-order chi connectivity index (χ1) is 10.0. The average molecular weight is 329 g/mol. The van der Waals surface area contributed by atoms with Crippen LogP contribution in [-0.2, 0) is 12.8 Å². The second kappa shape index (κ2) is 5.69. The van der Waals surface area contributed by atoms with Crippen LogP contribution >= 0.6 is 22.9 Å². The van der Waals surface area contributed by atoms with Crippen molar-refractivity contribution < 1.29 is 13.6 Å². The van der Waals surface area contributed by atoms with E-state index >= 15 is 0 Å². The molecular formula is C14H11ClF2N2OS. The highest BCUT2D eigenvalue weighted by Crippen LogP contribution is 2.30. The molecule has 110 valence electrons. The number of carbonyl (C=O) groups is 1. The first-order valence-electron chi connectivity index (χ1n) is 6.49. The third kappa shape index (κ3) is 2.91. The van der Waals surface area contributed by atoms with E-state index < -0.39 is 17.5 Å². The Morgan fingerprint density at radius 2 is 1.95 bits per heavy atom. The van der Waals surface area contributed by atoms with Gasteiger partial charge >= 0.3 is 0 Å². The smallest absolute Gasteiger partial charge is 0.259 e. The van der Waals surface area contributed by atoms with Gasteiger partial charge in [-0.1, -0.05) is 11.6 Å². The number of aryl methyl sites for hydroxylation is 2. The summed E-state index contributed by atoms with van der Waals surface area (Å²) in [5.74, 6) is -2.78. The Balaban J connectivity index is 1.83. The Labute approximate surface area is 129 Å². The van der Waals surface area contributed by atoms with Crippen LogP contribution in [0, 0.1) is 11.6 Å². The van der Waals surface area contributed by atoms with E-state index in [1.807, 2.05) is 0 Å². The summed E-state index contributed by atoms with van der Waals surface area (Å²) in [6.07, 6.45) is 4.10. The van der Waals surface area contributed by atoms with Crippen LogP contribution in [0.5, 0.6) is 0 Å². The molecule has 0 radical (unpaired) electrons. The number of thiazole rings is 1. The van der Waals surface area contributed by atoms with Crippen LogP contribution in [0.25, 0.3) is 0 Å². The minimum Gasteiger partial charge on any atom is -0.298 e. The van der Waals surface area contributed by atoms with Crippen molar-refractivity contribution in [2.45, 2.75) is 25.7 Å². The van der Waals surface area contributed by atoms with E-state index in [0.29, 0.717) is 5.13 Å². The first kappa shape index (κ1) is 14.4. The molecule has 1 N–H and O–H groups in total. The highest BCUT2D eigenvalue weighted by molar-refractivity contribution is 7.15. The normalized spacial score (nSPS) is 13.9. The van der Waals surface area contributed by atoms with Gasteiger partial charge in [0.15, 0.2) is 16.8 Å². The molecule has 0 atom stereocenters. The van der Waals surface area contributed by atoms with Gasteiger partial charge < -0.3 is 0 Å².